The smallest absolute Gasteiger partial charge is 0.257 e. The van der Waals surface area contributed by atoms with Crippen molar-refractivity contribution in [3.05, 3.63) is 10.4 Å². The van der Waals surface area contributed by atoms with Gasteiger partial charge in [0.15, 0.2) is 10.6 Å². The first-order chi connectivity index (χ1) is 6.70. The molecule has 0 unspecified atom stereocenters. The third kappa shape index (κ3) is 2.01. The van der Waals surface area contributed by atoms with Crippen molar-refractivity contribution in [1.29, 1.82) is 0 Å². The molecule has 80 valence electrons. The molecule has 8 nitrogen and oxygen atoms in total. The van der Waals surface area contributed by atoms with Gasteiger partial charge in [-0.05, 0) is 22.6 Å². The van der Waals surface area contributed by atoms with Crippen molar-refractivity contribution in [3.8, 4) is 0 Å². The van der Waals surface area contributed by atoms with Crippen LogP contribution in [0.5, 0.6) is 0 Å². The highest BCUT2D eigenvalue weighted by Gasteiger charge is 2.40. The van der Waals surface area contributed by atoms with Crippen LogP contribution in [-0.4, -0.2) is 32.2 Å². The highest BCUT2D eigenvalue weighted by atomic mass is 16.6. The average molecular weight is 204 g/mol. The van der Waals surface area contributed by atoms with Gasteiger partial charge < -0.3 is 20.8 Å². The molecule has 8 heteroatoms. The van der Waals surface area contributed by atoms with E-state index in [0.29, 0.717) is 12.8 Å². The fourth-order valence-electron chi connectivity index (χ4n) is 1.74. The molecule has 1 aliphatic rings. The van der Waals surface area contributed by atoms with E-state index in [0.717, 1.165) is 12.8 Å². The van der Waals surface area contributed by atoms with Crippen molar-refractivity contribution in [2.75, 3.05) is 0 Å². The van der Waals surface area contributed by atoms with Gasteiger partial charge in [-0.15, -0.1) is 0 Å². The third-order valence-corrected chi connectivity index (χ3v) is 2.44. The van der Waals surface area contributed by atoms with Crippen LogP contribution in [0.4, 0.5) is 0 Å². The lowest BCUT2D eigenvalue weighted by Crippen LogP contribution is -2.42. The Bertz CT molecular complexity index is 228. The van der Waals surface area contributed by atoms with Crippen LogP contribution in [0.3, 0.4) is 0 Å². The van der Waals surface area contributed by atoms with Crippen LogP contribution in [-0.2, 0) is 0 Å². The van der Waals surface area contributed by atoms with Gasteiger partial charge in [0.25, 0.3) is 12.1 Å². The molecule has 2 atom stereocenters. The molecule has 0 amide bonds. The summed E-state index contributed by atoms with van der Waals surface area (Å²) in [7, 11) is 0. The number of rotatable bonds is 2. The topological polar surface area (TPSA) is 117 Å². The van der Waals surface area contributed by atoms with E-state index in [9.17, 15) is 10.4 Å². The Balaban J connectivity index is 2.79. The van der Waals surface area contributed by atoms with E-state index in [4.69, 9.17) is 10.4 Å². The van der Waals surface area contributed by atoms with E-state index in [1.165, 1.54) is 0 Å². The Morgan fingerprint density at radius 3 is 1.57 bits per heavy atom. The summed E-state index contributed by atoms with van der Waals surface area (Å²) in [5.41, 5.74) is 0. The molecule has 0 spiro atoms. The van der Waals surface area contributed by atoms with Crippen LogP contribution in [0.25, 0.3) is 0 Å². The fraction of sp³-hybridized carbons (Fsp3) is 1.00. The van der Waals surface area contributed by atoms with Crippen molar-refractivity contribution in [3.63, 3.8) is 0 Å². The molecule has 0 aromatic carbocycles. The first kappa shape index (κ1) is 10.5. The summed E-state index contributed by atoms with van der Waals surface area (Å²) >= 11 is 0. The molecule has 1 aliphatic carbocycles. The number of nitrogens with zero attached hydrogens (tertiary/aromatic N) is 4. The zero-order chi connectivity index (χ0) is 10.6. The highest BCUT2D eigenvalue weighted by Crippen LogP contribution is 2.23. The lowest BCUT2D eigenvalue weighted by Gasteiger charge is -2.22. The average Bonchev–Trinajstić information content (AvgIpc) is 2.27. The van der Waals surface area contributed by atoms with Gasteiger partial charge in [0.05, 0.1) is 0 Å². The second-order valence-corrected chi connectivity index (χ2v) is 3.20. The van der Waals surface area contributed by atoms with Crippen LogP contribution < -0.4 is 0 Å². The van der Waals surface area contributed by atoms with Crippen molar-refractivity contribution in [2.24, 2.45) is 10.6 Å². The summed E-state index contributed by atoms with van der Waals surface area (Å²) in [6.45, 7) is 0. The molecule has 1 saturated carbocycles. The maximum Gasteiger partial charge on any atom is 0.257 e. The number of hydroxylamine groups is 2. The Morgan fingerprint density at radius 1 is 0.929 bits per heavy atom. The number of hydrogen-bond donors (Lipinski definition) is 2. The van der Waals surface area contributed by atoms with Gasteiger partial charge in [0, 0.05) is 12.8 Å². The number of hydrogen-bond acceptors (Lipinski definition) is 4. The Morgan fingerprint density at radius 2 is 1.29 bits per heavy atom. The normalized spacial score (nSPS) is 30.3. The monoisotopic (exact) mass is 204 g/mol. The molecule has 0 radical (unpaired) electrons. The van der Waals surface area contributed by atoms with E-state index in [1.54, 1.807) is 0 Å². The van der Waals surface area contributed by atoms with Crippen molar-refractivity contribution in [1.82, 2.24) is 0 Å². The van der Waals surface area contributed by atoms with Gasteiger partial charge >= 0.3 is 0 Å². The maximum absolute atomic E-state index is 11.0. The van der Waals surface area contributed by atoms with Gasteiger partial charge in [-0.2, -0.15) is 0 Å². The maximum atomic E-state index is 11.0. The minimum Gasteiger partial charge on any atom is -0.597 e. The van der Waals surface area contributed by atoms with E-state index in [2.05, 4.69) is 10.6 Å². The zero-order valence-electron chi connectivity index (χ0n) is 7.48. The lowest BCUT2D eigenvalue weighted by atomic mass is 9.91. The molecule has 1 fully saturated rings. The molecule has 0 aromatic rings. The summed E-state index contributed by atoms with van der Waals surface area (Å²) in [6.07, 6.45) is 2.47. The molecule has 0 saturated heterocycles. The van der Waals surface area contributed by atoms with Crippen LogP contribution in [0.15, 0.2) is 10.6 Å². The molecule has 1 rings (SSSR count). The van der Waals surface area contributed by atoms with Gasteiger partial charge in [0.1, 0.15) is 0 Å². The standard InChI is InChI=1S/C6H12N4O4/c11-7-9(13)5-3-1-2-4-6(5)10(14)8-12/h5-6,11-12H,1-4H2/t5-,6+. The van der Waals surface area contributed by atoms with Gasteiger partial charge in [0.2, 0.25) is 0 Å². The predicted octanol–water partition coefficient (Wildman–Crippen LogP) is 1.00. The Kier molecular flexibility index (Phi) is 3.43. The van der Waals surface area contributed by atoms with Crippen molar-refractivity contribution in [2.45, 2.75) is 37.8 Å². The first-order valence-corrected chi connectivity index (χ1v) is 4.33. The largest absolute Gasteiger partial charge is 0.597 e. The minimum absolute atomic E-state index is 0.0832. The second-order valence-electron chi connectivity index (χ2n) is 3.20. The van der Waals surface area contributed by atoms with Crippen molar-refractivity contribution >= 4 is 0 Å². The third-order valence-electron chi connectivity index (χ3n) is 2.44. The molecule has 0 aromatic heterocycles. The Labute approximate surface area is 79.9 Å². The minimum atomic E-state index is -0.748. The SMILES string of the molecule is [O-][N+](=NO)[C@@H]1CCCC[C@@H]1[N+]([O-])=NO. The molecule has 14 heavy (non-hydrogen) atoms. The molecule has 0 aliphatic heterocycles. The van der Waals surface area contributed by atoms with Gasteiger partial charge in [-0.3, -0.25) is 0 Å². The van der Waals surface area contributed by atoms with Crippen LogP contribution in [0, 0.1) is 10.4 Å². The van der Waals surface area contributed by atoms with Crippen LogP contribution in [0.2, 0.25) is 0 Å². The highest BCUT2D eigenvalue weighted by molar-refractivity contribution is 4.73. The molecule has 0 bridgehead atoms. The lowest BCUT2D eigenvalue weighted by molar-refractivity contribution is -0.680. The quantitative estimate of drug-likeness (QED) is 0.396. The molecular weight excluding hydrogens is 192 g/mol. The second kappa shape index (κ2) is 4.58. The summed E-state index contributed by atoms with van der Waals surface area (Å²) in [5, 5.41) is 43.5. The van der Waals surface area contributed by atoms with Crippen LogP contribution in [0.1, 0.15) is 25.7 Å². The summed E-state index contributed by atoms with van der Waals surface area (Å²) in [5.74, 6) is 0. The van der Waals surface area contributed by atoms with E-state index in [1.807, 2.05) is 0 Å². The fourth-order valence-corrected chi connectivity index (χ4v) is 1.74. The molecular formula is C6H12N4O4. The van der Waals surface area contributed by atoms with E-state index >= 15 is 0 Å². The summed E-state index contributed by atoms with van der Waals surface area (Å²) < 4.78 is 0. The van der Waals surface area contributed by atoms with Crippen LogP contribution >= 0.6 is 0 Å². The predicted molar refractivity (Wildman–Crippen MR) is 41.7 cm³/mol. The summed E-state index contributed by atoms with van der Waals surface area (Å²) in [6, 6.07) is -1.50. The van der Waals surface area contributed by atoms with Gasteiger partial charge in [-0.25, -0.2) is 0 Å². The first-order valence-electron chi connectivity index (χ1n) is 4.33. The van der Waals surface area contributed by atoms with Gasteiger partial charge in [-0.1, -0.05) is 0 Å². The summed E-state index contributed by atoms with van der Waals surface area (Å²) in [4.78, 5) is 0.166. The van der Waals surface area contributed by atoms with Crippen molar-refractivity contribution < 1.29 is 20.1 Å². The molecule has 0 heterocycles. The molecule has 2 N–H and O–H groups in total. The Hall–Kier alpha value is -1.60. The van der Waals surface area contributed by atoms with E-state index in [-0.39, 0.29) is 9.72 Å². The van der Waals surface area contributed by atoms with E-state index < -0.39 is 12.1 Å². The zero-order valence-corrected chi connectivity index (χ0v) is 7.48.